The van der Waals surface area contributed by atoms with Crippen molar-refractivity contribution in [3.8, 4) is 0 Å². The molecule has 1 aliphatic heterocycles. The molecule has 238 valence electrons. The number of fused-ring (bicyclic) bond motifs is 5. The van der Waals surface area contributed by atoms with E-state index in [0.717, 1.165) is 5.57 Å². The van der Waals surface area contributed by atoms with E-state index in [1.165, 1.54) is 33.8 Å². The summed E-state index contributed by atoms with van der Waals surface area (Å²) in [6.45, 7) is 6.70. The highest BCUT2D eigenvalue weighted by Crippen LogP contribution is 2.71. The largest absolute Gasteiger partial charge is 0.465 e. The summed E-state index contributed by atoms with van der Waals surface area (Å²) in [6.07, 6.45) is 0.250. The van der Waals surface area contributed by atoms with E-state index >= 15 is 0 Å². The summed E-state index contributed by atoms with van der Waals surface area (Å²) in [4.78, 5) is 61.4. The first-order chi connectivity index (χ1) is 20.1. The van der Waals surface area contributed by atoms with E-state index in [1.54, 1.807) is 0 Å². The highest BCUT2D eigenvalue weighted by atomic mass is 16.6. The topological polar surface area (TPSA) is 172 Å². The minimum atomic E-state index is -1.68. The van der Waals surface area contributed by atoms with Gasteiger partial charge < -0.3 is 33.9 Å². The zero-order chi connectivity index (χ0) is 31.5. The van der Waals surface area contributed by atoms with Crippen molar-refractivity contribution >= 4 is 29.8 Å². The monoisotopic (exact) mass is 606 g/mol. The van der Waals surface area contributed by atoms with Crippen molar-refractivity contribution in [2.75, 3.05) is 13.2 Å². The SMILES string of the molecule is CC(=O)OC[C@@]12[C@@H]3[C@@H](OC(C)=O)C[C@@]4(C)[C@H](C5=CC(=O)OC5)CC[C@]4(O)[C@H]3CC[C@@]1(O)C[C@@H](OC(C)=O)C[C@@H]2OC(C)=O. The molecule has 0 bridgehead atoms. The highest BCUT2D eigenvalue weighted by molar-refractivity contribution is 5.85. The number of hydrogen-bond donors (Lipinski definition) is 2. The van der Waals surface area contributed by atoms with E-state index in [-0.39, 0.29) is 44.8 Å². The highest BCUT2D eigenvalue weighted by Gasteiger charge is 2.77. The minimum absolute atomic E-state index is 0.0173. The molecule has 0 radical (unpaired) electrons. The van der Waals surface area contributed by atoms with Crippen molar-refractivity contribution in [3.05, 3.63) is 11.6 Å². The Morgan fingerprint density at radius 3 is 2.19 bits per heavy atom. The first-order valence-corrected chi connectivity index (χ1v) is 15.0. The van der Waals surface area contributed by atoms with Gasteiger partial charge in [0.05, 0.1) is 16.6 Å². The zero-order valence-corrected chi connectivity index (χ0v) is 25.4. The van der Waals surface area contributed by atoms with Crippen LogP contribution >= 0.6 is 0 Å². The van der Waals surface area contributed by atoms with Crippen LogP contribution in [0.4, 0.5) is 0 Å². The normalized spacial score (nSPS) is 43.2. The fraction of sp³-hybridized carbons (Fsp3) is 0.774. The van der Waals surface area contributed by atoms with Crippen LogP contribution in [0.15, 0.2) is 11.6 Å². The van der Waals surface area contributed by atoms with Gasteiger partial charge in [-0.25, -0.2) is 4.79 Å². The van der Waals surface area contributed by atoms with Gasteiger partial charge in [-0.15, -0.1) is 0 Å². The van der Waals surface area contributed by atoms with Gasteiger partial charge in [0.1, 0.15) is 31.5 Å². The lowest BCUT2D eigenvalue weighted by molar-refractivity contribution is -0.320. The number of esters is 5. The van der Waals surface area contributed by atoms with Gasteiger partial charge >= 0.3 is 29.8 Å². The lowest BCUT2D eigenvalue weighted by Gasteiger charge is -2.68. The van der Waals surface area contributed by atoms with E-state index in [2.05, 4.69) is 0 Å². The smallest absolute Gasteiger partial charge is 0.331 e. The second kappa shape index (κ2) is 10.9. The van der Waals surface area contributed by atoms with Crippen molar-refractivity contribution in [3.63, 3.8) is 0 Å². The van der Waals surface area contributed by atoms with Crippen LogP contribution in [-0.2, 0) is 47.7 Å². The average molecular weight is 607 g/mol. The third kappa shape index (κ3) is 4.94. The molecule has 12 heteroatoms. The number of cyclic esters (lactones) is 1. The molecular formula is C31H42O12. The molecule has 0 amide bonds. The average Bonchev–Trinajstić information content (AvgIpc) is 3.41. The summed E-state index contributed by atoms with van der Waals surface area (Å²) in [7, 11) is 0. The quantitative estimate of drug-likeness (QED) is 0.333. The molecule has 0 unspecified atom stereocenters. The van der Waals surface area contributed by atoms with Gasteiger partial charge in [-0.3, -0.25) is 19.2 Å². The van der Waals surface area contributed by atoms with Gasteiger partial charge in [0, 0.05) is 57.9 Å². The molecule has 0 aromatic heterocycles. The summed E-state index contributed by atoms with van der Waals surface area (Å²) in [5.41, 5.74) is -4.58. The fourth-order valence-electron chi connectivity index (χ4n) is 9.80. The lowest BCUT2D eigenvalue weighted by Crippen LogP contribution is -2.76. The fourth-order valence-corrected chi connectivity index (χ4v) is 9.80. The first-order valence-electron chi connectivity index (χ1n) is 15.0. The van der Waals surface area contributed by atoms with E-state index in [4.69, 9.17) is 23.7 Å². The molecular weight excluding hydrogens is 564 g/mol. The Morgan fingerprint density at radius 1 is 0.930 bits per heavy atom. The van der Waals surface area contributed by atoms with Gasteiger partial charge in [0.15, 0.2) is 0 Å². The summed E-state index contributed by atoms with van der Waals surface area (Å²) >= 11 is 0. The summed E-state index contributed by atoms with van der Waals surface area (Å²) in [6, 6.07) is 0. The number of carbonyl (C=O) groups is 5. The van der Waals surface area contributed by atoms with E-state index < -0.39 is 82.0 Å². The maximum Gasteiger partial charge on any atom is 0.331 e. The Balaban J connectivity index is 1.68. The second-order valence-electron chi connectivity index (χ2n) is 13.4. The van der Waals surface area contributed by atoms with Gasteiger partial charge in [-0.1, -0.05) is 6.92 Å². The summed E-state index contributed by atoms with van der Waals surface area (Å²) < 4.78 is 28.3. The van der Waals surface area contributed by atoms with Gasteiger partial charge in [-0.05, 0) is 49.5 Å². The van der Waals surface area contributed by atoms with Gasteiger partial charge in [0.2, 0.25) is 0 Å². The number of rotatable bonds is 6. The van der Waals surface area contributed by atoms with Crippen LogP contribution in [0.5, 0.6) is 0 Å². The van der Waals surface area contributed by atoms with Gasteiger partial charge in [0.25, 0.3) is 0 Å². The van der Waals surface area contributed by atoms with Crippen LogP contribution < -0.4 is 0 Å². The van der Waals surface area contributed by atoms with Crippen molar-refractivity contribution in [2.24, 2.45) is 28.6 Å². The second-order valence-corrected chi connectivity index (χ2v) is 13.4. The summed E-state index contributed by atoms with van der Waals surface area (Å²) in [5.74, 6) is -4.43. The number of hydrogen-bond acceptors (Lipinski definition) is 12. The van der Waals surface area contributed by atoms with Crippen LogP contribution in [0.3, 0.4) is 0 Å². The zero-order valence-electron chi connectivity index (χ0n) is 25.4. The number of carbonyl (C=O) groups excluding carboxylic acids is 5. The standard InChI is InChI=1S/C31H42O12/c1-16(32)40-15-30-25(43-19(4)35)11-21(41-17(2)33)12-29(30,37)8-6-23-27(30)24(42-18(3)34)13-28(5)22(7-9-31(23,28)38)20-10-26(36)39-14-20/h10,21-25,27,37-38H,6-9,11-15H2,1-5H3/t21-,22-,23-,24-,25-,27-,28-,29+,30+,31-/m0/s1. The molecule has 0 saturated heterocycles. The molecule has 0 aromatic rings. The van der Waals surface area contributed by atoms with Crippen molar-refractivity contribution in [2.45, 2.75) is 109 Å². The Bertz CT molecular complexity index is 1240. The van der Waals surface area contributed by atoms with E-state index in [0.29, 0.717) is 19.3 Å². The Labute approximate surface area is 250 Å². The van der Waals surface area contributed by atoms with Crippen LogP contribution in [0.2, 0.25) is 0 Å². The van der Waals surface area contributed by atoms with Crippen molar-refractivity contribution in [1.29, 1.82) is 0 Å². The molecule has 0 aromatic carbocycles. The molecule has 4 aliphatic carbocycles. The molecule has 10 atom stereocenters. The molecule has 4 saturated carbocycles. The molecule has 12 nitrogen and oxygen atoms in total. The molecule has 43 heavy (non-hydrogen) atoms. The van der Waals surface area contributed by atoms with Crippen LogP contribution in [0.25, 0.3) is 0 Å². The van der Waals surface area contributed by atoms with E-state index in [1.807, 2.05) is 6.92 Å². The van der Waals surface area contributed by atoms with Crippen molar-refractivity contribution in [1.82, 2.24) is 0 Å². The maximum atomic E-state index is 12.8. The van der Waals surface area contributed by atoms with Crippen LogP contribution in [0, 0.1) is 28.6 Å². The molecule has 5 aliphatic rings. The predicted molar refractivity (Wildman–Crippen MR) is 146 cm³/mol. The van der Waals surface area contributed by atoms with Crippen LogP contribution in [0.1, 0.15) is 79.6 Å². The number of aliphatic hydroxyl groups is 2. The minimum Gasteiger partial charge on any atom is -0.465 e. The molecule has 1 heterocycles. The number of ether oxygens (including phenoxy) is 5. The predicted octanol–water partition coefficient (Wildman–Crippen LogP) is 1.92. The van der Waals surface area contributed by atoms with E-state index in [9.17, 15) is 34.2 Å². The lowest BCUT2D eigenvalue weighted by atomic mass is 9.40. The van der Waals surface area contributed by atoms with Crippen molar-refractivity contribution < 1.29 is 57.9 Å². The van der Waals surface area contributed by atoms with Crippen LogP contribution in [-0.4, -0.2) is 82.8 Å². The molecule has 0 spiro atoms. The third-order valence-electron chi connectivity index (χ3n) is 11.2. The Morgan fingerprint density at radius 2 is 1.60 bits per heavy atom. The maximum absolute atomic E-state index is 12.8. The molecule has 4 fully saturated rings. The summed E-state index contributed by atoms with van der Waals surface area (Å²) in [5, 5.41) is 25.4. The van der Waals surface area contributed by atoms with Gasteiger partial charge in [-0.2, -0.15) is 0 Å². The molecule has 2 N–H and O–H groups in total. The Hall–Kier alpha value is -2.99. The first kappa shape index (κ1) is 31.4. The Kier molecular flexibility index (Phi) is 7.95. The molecule has 5 rings (SSSR count). The third-order valence-corrected chi connectivity index (χ3v) is 11.2.